The third-order valence-electron chi connectivity index (χ3n) is 2.56. The first kappa shape index (κ1) is 15.4. The van der Waals surface area contributed by atoms with E-state index in [1.54, 1.807) is 20.8 Å². The van der Waals surface area contributed by atoms with Crippen molar-refractivity contribution in [1.82, 2.24) is 4.90 Å². The second-order valence-electron chi connectivity index (χ2n) is 5.14. The lowest BCUT2D eigenvalue weighted by Gasteiger charge is -2.27. The zero-order valence-corrected chi connectivity index (χ0v) is 11.3. The summed E-state index contributed by atoms with van der Waals surface area (Å²) >= 11 is 0. The molecule has 108 valence electrons. The van der Waals surface area contributed by atoms with Crippen LogP contribution in [0.25, 0.3) is 0 Å². The molecule has 1 atom stereocenters. The topological polar surface area (TPSA) is 55.8 Å². The molecule has 0 spiro atoms. The number of hydrogen-bond acceptors (Lipinski definition) is 4. The third kappa shape index (κ3) is 3.65. The molecule has 0 aliphatic carbocycles. The predicted molar refractivity (Wildman–Crippen MR) is 62.6 cm³/mol. The van der Waals surface area contributed by atoms with Crippen molar-refractivity contribution in [2.45, 2.75) is 38.8 Å². The standard InChI is InChI=1S/C12H17F2NO4/c1-12(2,3)19-11(17)15-6-5-7(9(13)14)8(15)10(16)18-4/h8H,5-6H2,1-4H3. The molecule has 1 unspecified atom stereocenters. The third-order valence-corrected chi connectivity index (χ3v) is 2.56. The van der Waals surface area contributed by atoms with Crippen LogP contribution in [-0.2, 0) is 14.3 Å². The van der Waals surface area contributed by atoms with Crippen molar-refractivity contribution in [3.05, 3.63) is 11.7 Å². The summed E-state index contributed by atoms with van der Waals surface area (Å²) < 4.78 is 35.1. The van der Waals surface area contributed by atoms with Gasteiger partial charge in [0.1, 0.15) is 5.60 Å². The number of carbonyl (C=O) groups is 2. The van der Waals surface area contributed by atoms with Gasteiger partial charge >= 0.3 is 12.1 Å². The van der Waals surface area contributed by atoms with Crippen LogP contribution < -0.4 is 0 Å². The van der Waals surface area contributed by atoms with Crippen LogP contribution in [0, 0.1) is 0 Å². The summed E-state index contributed by atoms with van der Waals surface area (Å²) in [6.07, 6.45) is -2.83. The van der Waals surface area contributed by atoms with Crippen LogP contribution in [0.4, 0.5) is 13.6 Å². The fraction of sp³-hybridized carbons (Fsp3) is 0.667. The Kier molecular flexibility index (Phi) is 4.49. The molecular formula is C12H17F2NO4. The number of amides is 1. The largest absolute Gasteiger partial charge is 0.467 e. The highest BCUT2D eigenvalue weighted by atomic mass is 19.3. The van der Waals surface area contributed by atoms with Gasteiger partial charge in [-0.1, -0.05) is 0 Å². The van der Waals surface area contributed by atoms with Gasteiger partial charge in [0, 0.05) is 12.1 Å². The lowest BCUT2D eigenvalue weighted by Crippen LogP contribution is -2.44. The summed E-state index contributed by atoms with van der Waals surface area (Å²) in [7, 11) is 1.09. The fourth-order valence-electron chi connectivity index (χ4n) is 1.79. The van der Waals surface area contributed by atoms with Gasteiger partial charge in [0.2, 0.25) is 0 Å². The monoisotopic (exact) mass is 277 g/mol. The van der Waals surface area contributed by atoms with Gasteiger partial charge in [0.05, 0.1) is 7.11 Å². The van der Waals surface area contributed by atoms with Crippen molar-refractivity contribution < 1.29 is 27.8 Å². The number of carbonyl (C=O) groups excluding carboxylic acids is 2. The van der Waals surface area contributed by atoms with Gasteiger partial charge in [-0.05, 0) is 27.2 Å². The predicted octanol–water partition coefficient (Wildman–Crippen LogP) is 2.32. The number of halogens is 2. The number of likely N-dealkylation sites (tertiary alicyclic amines) is 1. The smallest absolute Gasteiger partial charge is 0.411 e. The molecule has 1 aliphatic heterocycles. The number of ether oxygens (including phenoxy) is 2. The molecule has 1 saturated heterocycles. The molecule has 1 fully saturated rings. The van der Waals surface area contributed by atoms with E-state index in [1.165, 1.54) is 0 Å². The molecule has 1 rings (SSSR count). The minimum Gasteiger partial charge on any atom is -0.467 e. The molecule has 1 heterocycles. The van der Waals surface area contributed by atoms with E-state index in [0.29, 0.717) is 0 Å². The van der Waals surface area contributed by atoms with E-state index in [0.717, 1.165) is 12.0 Å². The first-order valence-electron chi connectivity index (χ1n) is 5.79. The lowest BCUT2D eigenvalue weighted by atomic mass is 10.1. The number of nitrogens with zero attached hydrogens (tertiary/aromatic N) is 1. The Labute approximate surface area is 110 Å². The molecule has 0 aromatic carbocycles. The van der Waals surface area contributed by atoms with Crippen LogP contribution >= 0.6 is 0 Å². The maximum Gasteiger partial charge on any atom is 0.411 e. The van der Waals surface area contributed by atoms with E-state index < -0.39 is 35.4 Å². The Balaban J connectivity index is 2.98. The highest BCUT2D eigenvalue weighted by Crippen LogP contribution is 2.30. The average molecular weight is 277 g/mol. The second kappa shape index (κ2) is 5.54. The van der Waals surface area contributed by atoms with Gasteiger partial charge in [-0.15, -0.1) is 0 Å². The summed E-state index contributed by atoms with van der Waals surface area (Å²) in [6.45, 7) is 4.96. The molecule has 0 N–H and O–H groups in total. The molecule has 7 heteroatoms. The van der Waals surface area contributed by atoms with Crippen LogP contribution in [0.3, 0.4) is 0 Å². The van der Waals surface area contributed by atoms with E-state index in [4.69, 9.17) is 4.74 Å². The summed E-state index contributed by atoms with van der Waals surface area (Å²) in [4.78, 5) is 24.4. The Morgan fingerprint density at radius 1 is 1.32 bits per heavy atom. The Morgan fingerprint density at radius 2 is 1.89 bits per heavy atom. The zero-order chi connectivity index (χ0) is 14.8. The van der Waals surface area contributed by atoms with E-state index in [2.05, 4.69) is 4.74 Å². The van der Waals surface area contributed by atoms with Crippen LogP contribution in [0.2, 0.25) is 0 Å². The zero-order valence-electron chi connectivity index (χ0n) is 11.3. The molecule has 19 heavy (non-hydrogen) atoms. The Hall–Kier alpha value is -1.66. The van der Waals surface area contributed by atoms with Crippen molar-refractivity contribution in [3.63, 3.8) is 0 Å². The minimum absolute atomic E-state index is 0.00134. The van der Waals surface area contributed by atoms with Gasteiger partial charge in [0.25, 0.3) is 6.08 Å². The highest BCUT2D eigenvalue weighted by molar-refractivity contribution is 5.85. The molecular weight excluding hydrogens is 260 g/mol. The van der Waals surface area contributed by atoms with E-state index in [1.807, 2.05) is 0 Å². The molecule has 0 bridgehead atoms. The SMILES string of the molecule is COC(=O)C1C(=C(F)F)CCN1C(=O)OC(C)(C)C. The summed E-state index contributed by atoms with van der Waals surface area (Å²) in [5, 5.41) is 0. The van der Waals surface area contributed by atoms with Crippen molar-refractivity contribution in [2.24, 2.45) is 0 Å². The minimum atomic E-state index is -1.96. The van der Waals surface area contributed by atoms with Crippen LogP contribution in [0.15, 0.2) is 11.7 Å². The number of methoxy groups -OCH3 is 1. The molecule has 0 saturated carbocycles. The Bertz CT molecular complexity index is 410. The average Bonchev–Trinajstić information content (AvgIpc) is 2.70. The number of hydrogen-bond donors (Lipinski definition) is 0. The van der Waals surface area contributed by atoms with Gasteiger partial charge < -0.3 is 9.47 Å². The molecule has 0 radical (unpaired) electrons. The summed E-state index contributed by atoms with van der Waals surface area (Å²) in [5.41, 5.74) is -1.16. The fourth-order valence-corrected chi connectivity index (χ4v) is 1.79. The van der Waals surface area contributed by atoms with Crippen LogP contribution in [0.1, 0.15) is 27.2 Å². The first-order valence-corrected chi connectivity index (χ1v) is 5.79. The first-order chi connectivity index (χ1) is 8.67. The van der Waals surface area contributed by atoms with Crippen molar-refractivity contribution >= 4 is 12.1 Å². The molecule has 1 aliphatic rings. The number of esters is 1. The maximum atomic E-state index is 12.8. The normalized spacial score (nSPS) is 19.4. The van der Waals surface area contributed by atoms with Crippen LogP contribution in [0.5, 0.6) is 0 Å². The second-order valence-corrected chi connectivity index (χ2v) is 5.14. The van der Waals surface area contributed by atoms with Gasteiger partial charge in [-0.3, -0.25) is 4.90 Å². The maximum absolute atomic E-state index is 12.8. The Morgan fingerprint density at radius 3 is 2.32 bits per heavy atom. The van der Waals surface area contributed by atoms with E-state index in [9.17, 15) is 18.4 Å². The van der Waals surface area contributed by atoms with Crippen molar-refractivity contribution in [3.8, 4) is 0 Å². The van der Waals surface area contributed by atoms with E-state index >= 15 is 0 Å². The quantitative estimate of drug-likeness (QED) is 0.690. The molecule has 5 nitrogen and oxygen atoms in total. The number of rotatable bonds is 1. The highest BCUT2D eigenvalue weighted by Gasteiger charge is 2.42. The summed E-state index contributed by atoms with van der Waals surface area (Å²) in [6, 6.07) is -1.40. The molecule has 0 aromatic rings. The van der Waals surface area contributed by atoms with Gasteiger partial charge in [-0.25, -0.2) is 9.59 Å². The van der Waals surface area contributed by atoms with Crippen LogP contribution in [-0.4, -0.2) is 42.3 Å². The lowest BCUT2D eigenvalue weighted by molar-refractivity contribution is -0.144. The van der Waals surface area contributed by atoms with Gasteiger partial charge in [0.15, 0.2) is 6.04 Å². The summed E-state index contributed by atoms with van der Waals surface area (Å²) in [5.74, 6) is -0.897. The van der Waals surface area contributed by atoms with Crippen molar-refractivity contribution in [2.75, 3.05) is 13.7 Å². The van der Waals surface area contributed by atoms with E-state index in [-0.39, 0.29) is 13.0 Å². The molecule has 1 amide bonds. The van der Waals surface area contributed by atoms with Gasteiger partial charge in [-0.2, -0.15) is 8.78 Å². The van der Waals surface area contributed by atoms with Crippen molar-refractivity contribution in [1.29, 1.82) is 0 Å². The molecule has 0 aromatic heterocycles.